The zero-order valence-corrected chi connectivity index (χ0v) is 11.9. The van der Waals surface area contributed by atoms with Crippen molar-refractivity contribution in [1.29, 1.82) is 0 Å². The third-order valence-electron chi connectivity index (χ3n) is 3.37. The molecule has 0 radical (unpaired) electrons. The predicted octanol–water partition coefficient (Wildman–Crippen LogP) is 2.51. The Bertz CT molecular complexity index is 573. The van der Waals surface area contributed by atoms with Crippen molar-refractivity contribution in [2.45, 2.75) is 33.6 Å². The fourth-order valence-electron chi connectivity index (χ4n) is 2.46. The topological polar surface area (TPSA) is 70.0 Å². The van der Waals surface area contributed by atoms with E-state index in [0.29, 0.717) is 12.1 Å². The molecule has 5 nitrogen and oxygen atoms in total. The maximum atomic E-state index is 12.4. The van der Waals surface area contributed by atoms with Gasteiger partial charge in [-0.3, -0.25) is 9.59 Å². The Labute approximate surface area is 117 Å². The fourth-order valence-corrected chi connectivity index (χ4v) is 2.46. The summed E-state index contributed by atoms with van der Waals surface area (Å²) in [6.07, 6.45) is 0.273. The van der Waals surface area contributed by atoms with Gasteiger partial charge in [0.25, 0.3) is 5.91 Å². The second-order valence-electron chi connectivity index (χ2n) is 5.22. The molecule has 106 valence electrons. The first-order chi connectivity index (χ1) is 9.38. The molecule has 1 aliphatic rings. The van der Waals surface area contributed by atoms with Gasteiger partial charge < -0.3 is 5.11 Å². The van der Waals surface area contributed by atoms with Gasteiger partial charge in [0, 0.05) is 12.1 Å². The number of amides is 1. The zero-order valence-electron chi connectivity index (χ0n) is 11.9. The van der Waals surface area contributed by atoms with Gasteiger partial charge in [0.05, 0.1) is 11.6 Å². The van der Waals surface area contributed by atoms with E-state index >= 15 is 0 Å². The minimum Gasteiger partial charge on any atom is -0.481 e. The van der Waals surface area contributed by atoms with Crippen LogP contribution in [0.3, 0.4) is 0 Å². The molecule has 0 aromatic heterocycles. The summed E-state index contributed by atoms with van der Waals surface area (Å²) in [6, 6.07) is 5.84. The Morgan fingerprint density at radius 1 is 1.25 bits per heavy atom. The van der Waals surface area contributed by atoms with Crippen molar-refractivity contribution in [2.75, 3.05) is 5.01 Å². The van der Waals surface area contributed by atoms with Crippen LogP contribution in [0.4, 0.5) is 5.69 Å². The van der Waals surface area contributed by atoms with E-state index in [-0.39, 0.29) is 12.3 Å². The van der Waals surface area contributed by atoms with Crippen LogP contribution in [0.25, 0.3) is 0 Å². The SMILES string of the molecule is CC1=NN(c2cc(C)cc(C)c2)C(=O)C1CCC(=O)O. The van der Waals surface area contributed by atoms with Crippen LogP contribution in [0.2, 0.25) is 0 Å². The molecule has 1 N–H and O–H groups in total. The maximum absolute atomic E-state index is 12.4. The van der Waals surface area contributed by atoms with Crippen LogP contribution in [0, 0.1) is 19.8 Å². The summed E-state index contributed by atoms with van der Waals surface area (Å²) in [5, 5.41) is 14.4. The summed E-state index contributed by atoms with van der Waals surface area (Å²) in [4.78, 5) is 23.0. The van der Waals surface area contributed by atoms with Crippen molar-refractivity contribution in [2.24, 2.45) is 11.0 Å². The number of hydrogen-bond donors (Lipinski definition) is 1. The summed E-state index contributed by atoms with van der Waals surface area (Å²) in [5.41, 5.74) is 3.55. The number of carbonyl (C=O) groups is 2. The van der Waals surface area contributed by atoms with Crippen molar-refractivity contribution < 1.29 is 14.7 Å². The molecular weight excluding hydrogens is 256 g/mol. The number of nitrogens with zero attached hydrogens (tertiary/aromatic N) is 2. The third-order valence-corrected chi connectivity index (χ3v) is 3.37. The maximum Gasteiger partial charge on any atom is 0.303 e. The highest BCUT2D eigenvalue weighted by molar-refractivity contribution is 6.14. The number of aliphatic carboxylic acids is 1. The van der Waals surface area contributed by atoms with E-state index in [1.165, 1.54) is 5.01 Å². The molecule has 1 heterocycles. The van der Waals surface area contributed by atoms with Gasteiger partial charge in [-0.05, 0) is 50.5 Å². The lowest BCUT2D eigenvalue weighted by Gasteiger charge is -2.15. The fraction of sp³-hybridized carbons (Fsp3) is 0.400. The Kier molecular flexibility index (Phi) is 3.88. The minimum absolute atomic E-state index is 0.0239. The normalized spacial score (nSPS) is 18.4. The van der Waals surface area contributed by atoms with Crippen LogP contribution in [0.15, 0.2) is 23.3 Å². The number of anilines is 1. The number of carboxylic acid groups (broad SMARTS) is 1. The molecule has 1 atom stereocenters. The van der Waals surface area contributed by atoms with E-state index in [1.807, 2.05) is 32.0 Å². The monoisotopic (exact) mass is 274 g/mol. The van der Waals surface area contributed by atoms with Crippen LogP contribution in [-0.2, 0) is 9.59 Å². The molecule has 20 heavy (non-hydrogen) atoms. The molecule has 0 fully saturated rings. The van der Waals surface area contributed by atoms with E-state index in [4.69, 9.17) is 5.11 Å². The first-order valence-corrected chi connectivity index (χ1v) is 6.57. The molecule has 1 aliphatic heterocycles. The van der Waals surface area contributed by atoms with Crippen LogP contribution in [0.1, 0.15) is 30.9 Å². The lowest BCUT2D eigenvalue weighted by Crippen LogP contribution is -2.27. The summed E-state index contributed by atoms with van der Waals surface area (Å²) < 4.78 is 0. The number of hydrogen-bond acceptors (Lipinski definition) is 3. The van der Waals surface area contributed by atoms with Crippen LogP contribution >= 0.6 is 0 Å². The van der Waals surface area contributed by atoms with E-state index in [1.54, 1.807) is 6.92 Å². The van der Waals surface area contributed by atoms with E-state index in [0.717, 1.165) is 16.8 Å². The molecule has 1 aromatic rings. The molecule has 2 rings (SSSR count). The van der Waals surface area contributed by atoms with Gasteiger partial charge >= 0.3 is 5.97 Å². The van der Waals surface area contributed by atoms with Crippen LogP contribution in [-0.4, -0.2) is 22.7 Å². The number of benzene rings is 1. The van der Waals surface area contributed by atoms with Crippen molar-refractivity contribution in [3.8, 4) is 0 Å². The van der Waals surface area contributed by atoms with Gasteiger partial charge in [-0.25, -0.2) is 5.01 Å². The highest BCUT2D eigenvalue weighted by Gasteiger charge is 2.34. The number of carboxylic acids is 1. The van der Waals surface area contributed by atoms with Gasteiger partial charge in [-0.2, -0.15) is 5.10 Å². The van der Waals surface area contributed by atoms with Crippen molar-refractivity contribution >= 4 is 23.3 Å². The number of carbonyl (C=O) groups excluding carboxylic acids is 1. The van der Waals surface area contributed by atoms with Crippen LogP contribution in [0.5, 0.6) is 0 Å². The van der Waals surface area contributed by atoms with Gasteiger partial charge in [-0.15, -0.1) is 0 Å². The zero-order chi connectivity index (χ0) is 14.9. The quantitative estimate of drug-likeness (QED) is 0.917. The summed E-state index contributed by atoms with van der Waals surface area (Å²) >= 11 is 0. The van der Waals surface area contributed by atoms with Crippen LogP contribution < -0.4 is 5.01 Å². The molecule has 1 unspecified atom stereocenters. The smallest absolute Gasteiger partial charge is 0.303 e. The average Bonchev–Trinajstić information content (AvgIpc) is 2.61. The van der Waals surface area contributed by atoms with Gasteiger partial charge in [0.2, 0.25) is 0 Å². The van der Waals surface area contributed by atoms with Gasteiger partial charge in [0.15, 0.2) is 0 Å². The Morgan fingerprint density at radius 3 is 2.40 bits per heavy atom. The molecule has 0 bridgehead atoms. The molecular formula is C15H18N2O3. The molecule has 0 aliphatic carbocycles. The lowest BCUT2D eigenvalue weighted by molar-refractivity contribution is -0.137. The molecule has 1 aromatic carbocycles. The highest BCUT2D eigenvalue weighted by atomic mass is 16.4. The highest BCUT2D eigenvalue weighted by Crippen LogP contribution is 2.27. The largest absolute Gasteiger partial charge is 0.481 e. The molecule has 1 amide bonds. The van der Waals surface area contributed by atoms with Crippen molar-refractivity contribution in [3.05, 3.63) is 29.3 Å². The Balaban J connectivity index is 2.23. The van der Waals surface area contributed by atoms with Crippen molar-refractivity contribution in [1.82, 2.24) is 0 Å². The molecule has 0 spiro atoms. The molecule has 5 heteroatoms. The predicted molar refractivity (Wildman–Crippen MR) is 76.9 cm³/mol. The van der Waals surface area contributed by atoms with Gasteiger partial charge in [0.1, 0.15) is 0 Å². The summed E-state index contributed by atoms with van der Waals surface area (Å²) in [7, 11) is 0. The molecule has 0 saturated heterocycles. The Morgan fingerprint density at radius 2 is 1.85 bits per heavy atom. The van der Waals surface area contributed by atoms with Gasteiger partial charge in [-0.1, -0.05) is 6.07 Å². The number of hydrazone groups is 1. The summed E-state index contributed by atoms with van der Waals surface area (Å²) in [5.74, 6) is -1.46. The van der Waals surface area contributed by atoms with Crippen molar-refractivity contribution in [3.63, 3.8) is 0 Å². The first-order valence-electron chi connectivity index (χ1n) is 6.57. The third kappa shape index (κ3) is 2.87. The molecule has 0 saturated carbocycles. The summed E-state index contributed by atoms with van der Waals surface area (Å²) in [6.45, 7) is 5.71. The second kappa shape index (κ2) is 5.45. The number of rotatable bonds is 4. The second-order valence-corrected chi connectivity index (χ2v) is 5.22. The first kappa shape index (κ1) is 14.2. The standard InChI is InChI=1S/C15H18N2O3/c1-9-6-10(2)8-12(7-9)17-15(20)13(11(3)16-17)4-5-14(18)19/h6-8,13H,4-5H2,1-3H3,(H,18,19). The number of aryl methyl sites for hydroxylation is 2. The Hall–Kier alpha value is -2.17. The van der Waals surface area contributed by atoms with E-state index < -0.39 is 11.9 Å². The minimum atomic E-state index is -0.893. The average molecular weight is 274 g/mol. The van der Waals surface area contributed by atoms with E-state index in [9.17, 15) is 9.59 Å². The lowest BCUT2D eigenvalue weighted by atomic mass is 9.98. The van der Waals surface area contributed by atoms with E-state index in [2.05, 4.69) is 5.10 Å².